The zero-order valence-electron chi connectivity index (χ0n) is 12.8. The number of hydrogen-bond acceptors (Lipinski definition) is 7. The van der Waals surface area contributed by atoms with Gasteiger partial charge in [-0.25, -0.2) is 14.2 Å². The molecule has 0 saturated carbocycles. The summed E-state index contributed by atoms with van der Waals surface area (Å²) in [6.45, 7) is 0. The van der Waals surface area contributed by atoms with Crippen molar-refractivity contribution in [3.05, 3.63) is 46.4 Å². The lowest BCUT2D eigenvalue weighted by Gasteiger charge is -2.03. The molecule has 24 heavy (non-hydrogen) atoms. The highest BCUT2D eigenvalue weighted by atomic mass is 32.2. The van der Waals surface area contributed by atoms with Crippen molar-refractivity contribution in [3.8, 4) is 11.3 Å². The van der Waals surface area contributed by atoms with Gasteiger partial charge < -0.3 is 10.1 Å². The summed E-state index contributed by atoms with van der Waals surface area (Å²) in [7, 11) is 1.36. The summed E-state index contributed by atoms with van der Waals surface area (Å²) in [5.74, 6) is -0.691. The first-order valence-corrected chi connectivity index (χ1v) is 9.78. The van der Waals surface area contributed by atoms with E-state index in [0.29, 0.717) is 15.7 Å². The van der Waals surface area contributed by atoms with Gasteiger partial charge in [0.2, 0.25) is 0 Å². The lowest BCUT2D eigenvalue weighted by molar-refractivity contribution is 0.0606. The average Bonchev–Trinajstić information content (AvgIpc) is 3.22. The molecule has 0 radical (unpaired) electrons. The molecule has 2 aromatic heterocycles. The number of thiazole rings is 1. The Morgan fingerprint density at radius 2 is 2.17 bits per heavy atom. The Kier molecular flexibility index (Phi) is 5.17. The molecular formula is C16H13FN2O2S3. The van der Waals surface area contributed by atoms with Gasteiger partial charge in [-0.15, -0.1) is 34.4 Å². The van der Waals surface area contributed by atoms with Crippen molar-refractivity contribution in [2.75, 3.05) is 18.7 Å². The van der Waals surface area contributed by atoms with E-state index in [2.05, 4.69) is 10.3 Å². The molecule has 0 fully saturated rings. The number of anilines is 2. The van der Waals surface area contributed by atoms with Gasteiger partial charge >= 0.3 is 5.97 Å². The van der Waals surface area contributed by atoms with E-state index in [1.165, 1.54) is 35.8 Å². The molecule has 0 aliphatic rings. The number of nitrogens with one attached hydrogen (secondary N) is 1. The molecule has 1 aromatic carbocycles. The summed E-state index contributed by atoms with van der Waals surface area (Å²) < 4.78 is 19.5. The smallest absolute Gasteiger partial charge is 0.348 e. The van der Waals surface area contributed by atoms with Crippen molar-refractivity contribution in [2.45, 2.75) is 4.21 Å². The first-order chi connectivity index (χ1) is 11.6. The monoisotopic (exact) mass is 380 g/mol. The van der Waals surface area contributed by atoms with E-state index in [1.807, 2.05) is 11.6 Å². The minimum Gasteiger partial charge on any atom is -0.465 e. The highest BCUT2D eigenvalue weighted by molar-refractivity contribution is 8.00. The Balaban J connectivity index is 1.89. The first-order valence-electron chi connectivity index (χ1n) is 6.86. The number of thiophene rings is 1. The molecule has 3 rings (SSSR count). The lowest BCUT2D eigenvalue weighted by Crippen LogP contribution is -1.96. The van der Waals surface area contributed by atoms with Crippen LogP contribution in [0.25, 0.3) is 11.3 Å². The van der Waals surface area contributed by atoms with Gasteiger partial charge in [-0.3, -0.25) is 0 Å². The Morgan fingerprint density at radius 3 is 2.88 bits per heavy atom. The molecule has 0 amide bonds. The summed E-state index contributed by atoms with van der Waals surface area (Å²) in [4.78, 5) is 16.8. The Labute approximate surface area is 150 Å². The number of aromatic nitrogens is 1. The number of esters is 1. The maximum absolute atomic E-state index is 13.7. The second kappa shape index (κ2) is 7.33. The van der Waals surface area contributed by atoms with Gasteiger partial charge in [0.25, 0.3) is 0 Å². The second-order valence-electron chi connectivity index (χ2n) is 4.65. The Morgan fingerprint density at radius 1 is 1.38 bits per heavy atom. The van der Waals surface area contributed by atoms with Gasteiger partial charge in [0, 0.05) is 10.9 Å². The van der Waals surface area contributed by atoms with E-state index >= 15 is 0 Å². The molecule has 0 spiro atoms. The third-order valence-electron chi connectivity index (χ3n) is 3.17. The lowest BCUT2D eigenvalue weighted by atomic mass is 10.2. The van der Waals surface area contributed by atoms with Gasteiger partial charge in [0.15, 0.2) is 5.13 Å². The van der Waals surface area contributed by atoms with Crippen LogP contribution in [0.1, 0.15) is 9.67 Å². The number of methoxy groups -OCH3 is 1. The van der Waals surface area contributed by atoms with E-state index < -0.39 is 0 Å². The molecule has 1 N–H and O–H groups in total. The molecule has 8 heteroatoms. The molecule has 0 atom stereocenters. The number of para-hydroxylation sites is 1. The number of benzene rings is 1. The van der Waals surface area contributed by atoms with Crippen LogP contribution in [0.2, 0.25) is 0 Å². The molecule has 4 nitrogen and oxygen atoms in total. The summed E-state index contributed by atoms with van der Waals surface area (Å²) in [6.07, 6.45) is 1.95. The van der Waals surface area contributed by atoms with Gasteiger partial charge in [0.05, 0.1) is 22.7 Å². The van der Waals surface area contributed by atoms with E-state index in [-0.39, 0.29) is 11.8 Å². The van der Waals surface area contributed by atoms with Gasteiger partial charge in [-0.2, -0.15) is 0 Å². The first kappa shape index (κ1) is 16.9. The summed E-state index contributed by atoms with van der Waals surface area (Å²) in [5.41, 5.74) is 2.00. The highest BCUT2D eigenvalue weighted by Crippen LogP contribution is 2.39. The molecular weight excluding hydrogens is 367 g/mol. The Bertz CT molecular complexity index is 876. The third-order valence-corrected chi connectivity index (χ3v) is 6.17. The predicted octanol–water partition coefficient (Wildman–Crippen LogP) is 5.26. The zero-order valence-corrected chi connectivity index (χ0v) is 15.3. The topological polar surface area (TPSA) is 51.2 Å². The van der Waals surface area contributed by atoms with Crippen molar-refractivity contribution in [1.82, 2.24) is 4.98 Å². The standard InChI is InChI=1S/C16H13FN2O2S3/c1-21-14(20)13-7-9(15(22-2)24-13)12-8-23-16(19-12)18-11-6-4-3-5-10(11)17/h3-8H,1-2H3,(H,18,19). The van der Waals surface area contributed by atoms with Crippen LogP contribution >= 0.6 is 34.4 Å². The van der Waals surface area contributed by atoms with Gasteiger partial charge in [-0.05, 0) is 24.5 Å². The maximum atomic E-state index is 13.7. The van der Waals surface area contributed by atoms with Crippen LogP contribution in [0.3, 0.4) is 0 Å². The fraction of sp³-hybridized carbons (Fsp3) is 0.125. The van der Waals surface area contributed by atoms with E-state index in [0.717, 1.165) is 15.5 Å². The van der Waals surface area contributed by atoms with E-state index in [9.17, 15) is 9.18 Å². The van der Waals surface area contributed by atoms with Crippen LogP contribution in [-0.2, 0) is 4.74 Å². The SMILES string of the molecule is COC(=O)c1cc(-c2csc(Nc3ccccc3F)n2)c(SC)s1. The number of carbonyl (C=O) groups excluding carboxylic acids is 1. The number of hydrogen-bond donors (Lipinski definition) is 1. The molecule has 0 aliphatic heterocycles. The molecule has 3 aromatic rings. The number of nitrogens with zero attached hydrogens (tertiary/aromatic N) is 1. The molecule has 0 aliphatic carbocycles. The fourth-order valence-electron chi connectivity index (χ4n) is 2.04. The van der Waals surface area contributed by atoms with Gasteiger partial charge in [-0.1, -0.05) is 12.1 Å². The maximum Gasteiger partial charge on any atom is 0.348 e. The predicted molar refractivity (Wildman–Crippen MR) is 98.2 cm³/mol. The highest BCUT2D eigenvalue weighted by Gasteiger charge is 2.18. The minimum absolute atomic E-state index is 0.331. The van der Waals surface area contributed by atoms with E-state index in [4.69, 9.17) is 4.74 Å². The minimum atomic E-state index is -0.360. The summed E-state index contributed by atoms with van der Waals surface area (Å²) in [5, 5.41) is 5.45. The molecule has 0 unspecified atom stereocenters. The number of carbonyl (C=O) groups is 1. The zero-order chi connectivity index (χ0) is 17.1. The molecule has 0 bridgehead atoms. The summed E-state index contributed by atoms with van der Waals surface area (Å²) >= 11 is 4.31. The normalized spacial score (nSPS) is 10.6. The number of thioether (sulfide) groups is 1. The molecule has 2 heterocycles. The third kappa shape index (κ3) is 3.45. The van der Waals surface area contributed by atoms with Gasteiger partial charge in [0.1, 0.15) is 10.7 Å². The number of ether oxygens (including phenoxy) is 1. The molecule has 124 valence electrons. The van der Waals surface area contributed by atoms with Crippen molar-refractivity contribution >= 4 is 51.2 Å². The fourth-order valence-corrected chi connectivity index (χ4v) is 4.56. The van der Waals surface area contributed by atoms with Crippen LogP contribution in [0, 0.1) is 5.82 Å². The Hall–Kier alpha value is -1.90. The van der Waals surface area contributed by atoms with Crippen molar-refractivity contribution in [1.29, 1.82) is 0 Å². The van der Waals surface area contributed by atoms with E-state index in [1.54, 1.807) is 36.0 Å². The van der Waals surface area contributed by atoms with Crippen molar-refractivity contribution in [2.24, 2.45) is 0 Å². The van der Waals surface area contributed by atoms with Crippen molar-refractivity contribution < 1.29 is 13.9 Å². The molecule has 0 saturated heterocycles. The number of halogens is 1. The van der Waals surface area contributed by atoms with Crippen LogP contribution < -0.4 is 5.32 Å². The summed E-state index contributed by atoms with van der Waals surface area (Å²) in [6, 6.07) is 8.23. The average molecular weight is 380 g/mol. The number of rotatable bonds is 5. The van der Waals surface area contributed by atoms with Crippen LogP contribution in [0.5, 0.6) is 0 Å². The van der Waals surface area contributed by atoms with Crippen LogP contribution in [0.15, 0.2) is 39.9 Å². The largest absolute Gasteiger partial charge is 0.465 e. The van der Waals surface area contributed by atoms with Crippen LogP contribution in [-0.4, -0.2) is 24.3 Å². The quantitative estimate of drug-likeness (QED) is 0.483. The van der Waals surface area contributed by atoms with Crippen molar-refractivity contribution in [3.63, 3.8) is 0 Å². The second-order valence-corrected chi connectivity index (χ2v) is 7.64. The van der Waals surface area contributed by atoms with Crippen LogP contribution in [0.4, 0.5) is 15.2 Å².